The Labute approximate surface area is 135 Å². The van der Waals surface area contributed by atoms with Crippen LogP contribution in [-0.2, 0) is 21.3 Å². The van der Waals surface area contributed by atoms with Gasteiger partial charge in [-0.3, -0.25) is 0 Å². The minimum atomic E-state index is -3.94. The molecule has 2 aromatic carbocycles. The van der Waals surface area contributed by atoms with Crippen LogP contribution in [0.25, 0.3) is 0 Å². The summed E-state index contributed by atoms with van der Waals surface area (Å²) >= 11 is 0. The molecule has 0 spiro atoms. The van der Waals surface area contributed by atoms with Crippen LogP contribution in [0.2, 0.25) is 0 Å². The molecule has 0 amide bonds. The number of nitriles is 1. The molecule has 23 heavy (non-hydrogen) atoms. The molecule has 0 aliphatic carbocycles. The standard InChI is InChI=1S/C17H15NO4S/c1-13(19)2-3-14-4-8-16(9-5-14)22-23(20,21)17-10-6-15(12-18)7-11-17/h4-11H,2-3H2,1H3. The Hall–Kier alpha value is -2.65. The summed E-state index contributed by atoms with van der Waals surface area (Å²) in [5.41, 5.74) is 1.31. The number of carbonyl (C=O) groups is 1. The largest absolute Gasteiger partial charge is 0.379 e. The molecule has 0 heterocycles. The third-order valence-corrected chi connectivity index (χ3v) is 4.43. The van der Waals surface area contributed by atoms with Crippen molar-refractivity contribution in [3.05, 3.63) is 59.7 Å². The number of nitrogens with zero attached hydrogens (tertiary/aromatic N) is 1. The van der Waals surface area contributed by atoms with Gasteiger partial charge in [-0.15, -0.1) is 0 Å². The van der Waals surface area contributed by atoms with Crippen LogP contribution >= 0.6 is 0 Å². The molecule has 0 atom stereocenters. The Kier molecular flexibility index (Phi) is 5.14. The number of rotatable bonds is 6. The van der Waals surface area contributed by atoms with E-state index in [-0.39, 0.29) is 16.4 Å². The summed E-state index contributed by atoms with van der Waals surface area (Å²) < 4.78 is 29.4. The van der Waals surface area contributed by atoms with E-state index < -0.39 is 10.1 Å². The highest BCUT2D eigenvalue weighted by atomic mass is 32.2. The molecule has 2 rings (SSSR count). The Bertz CT molecular complexity index is 832. The SMILES string of the molecule is CC(=O)CCc1ccc(OS(=O)(=O)c2ccc(C#N)cc2)cc1. The summed E-state index contributed by atoms with van der Waals surface area (Å²) in [5.74, 6) is 0.301. The highest BCUT2D eigenvalue weighted by Gasteiger charge is 2.16. The molecule has 0 saturated heterocycles. The maximum atomic E-state index is 12.2. The summed E-state index contributed by atoms with van der Waals surface area (Å²) in [6.45, 7) is 1.53. The lowest BCUT2D eigenvalue weighted by atomic mass is 10.1. The molecule has 0 aromatic heterocycles. The van der Waals surface area contributed by atoms with Gasteiger partial charge in [0.25, 0.3) is 0 Å². The number of aryl methyl sites for hydroxylation is 1. The van der Waals surface area contributed by atoms with Gasteiger partial charge in [0, 0.05) is 6.42 Å². The fourth-order valence-electron chi connectivity index (χ4n) is 1.90. The zero-order chi connectivity index (χ0) is 16.9. The van der Waals surface area contributed by atoms with Gasteiger partial charge in [0.2, 0.25) is 0 Å². The molecule has 0 aliphatic heterocycles. The van der Waals surface area contributed by atoms with E-state index in [4.69, 9.17) is 9.44 Å². The summed E-state index contributed by atoms with van der Waals surface area (Å²) in [6, 6.07) is 14.0. The third-order valence-electron chi connectivity index (χ3n) is 3.17. The van der Waals surface area contributed by atoms with Gasteiger partial charge in [-0.25, -0.2) is 0 Å². The quantitative estimate of drug-likeness (QED) is 0.761. The Morgan fingerprint density at radius 2 is 1.70 bits per heavy atom. The highest BCUT2D eigenvalue weighted by Crippen LogP contribution is 2.20. The maximum Gasteiger partial charge on any atom is 0.339 e. The van der Waals surface area contributed by atoms with E-state index in [1.807, 2.05) is 6.07 Å². The maximum absolute atomic E-state index is 12.2. The van der Waals surface area contributed by atoms with Crippen LogP contribution < -0.4 is 4.18 Å². The van der Waals surface area contributed by atoms with Gasteiger partial charge in [-0.2, -0.15) is 13.7 Å². The molecule has 0 radical (unpaired) electrons. The van der Waals surface area contributed by atoms with Crippen molar-refractivity contribution in [1.82, 2.24) is 0 Å². The number of ketones is 1. The van der Waals surface area contributed by atoms with Crippen LogP contribution in [0.15, 0.2) is 53.4 Å². The van der Waals surface area contributed by atoms with Crippen LogP contribution in [0, 0.1) is 11.3 Å². The number of Topliss-reactive ketones (excluding diaryl/α,β-unsaturated/α-hetero) is 1. The predicted molar refractivity (Wildman–Crippen MR) is 84.4 cm³/mol. The van der Waals surface area contributed by atoms with Crippen LogP contribution in [0.1, 0.15) is 24.5 Å². The molecule has 0 unspecified atom stereocenters. The van der Waals surface area contributed by atoms with Gasteiger partial charge >= 0.3 is 10.1 Å². The first-order chi connectivity index (χ1) is 10.9. The van der Waals surface area contributed by atoms with E-state index >= 15 is 0 Å². The second kappa shape index (κ2) is 7.07. The first kappa shape index (κ1) is 16.7. The van der Waals surface area contributed by atoms with Gasteiger partial charge in [0.05, 0.1) is 11.6 Å². The summed E-state index contributed by atoms with van der Waals surface area (Å²) in [4.78, 5) is 10.9. The van der Waals surface area contributed by atoms with E-state index in [2.05, 4.69) is 0 Å². The molecule has 2 aromatic rings. The summed E-state index contributed by atoms with van der Waals surface area (Å²) in [5, 5.41) is 8.72. The third kappa shape index (κ3) is 4.66. The molecule has 6 heteroatoms. The molecular formula is C17H15NO4S. The van der Waals surface area contributed by atoms with Gasteiger partial charge < -0.3 is 8.98 Å². The lowest BCUT2D eigenvalue weighted by Gasteiger charge is -2.08. The average molecular weight is 329 g/mol. The number of benzene rings is 2. The average Bonchev–Trinajstić information content (AvgIpc) is 2.54. The predicted octanol–water partition coefficient (Wildman–Crippen LogP) is 2.85. The molecule has 0 bridgehead atoms. The second-order valence-electron chi connectivity index (χ2n) is 5.02. The van der Waals surface area contributed by atoms with E-state index in [0.29, 0.717) is 18.4 Å². The normalized spacial score (nSPS) is 10.8. The van der Waals surface area contributed by atoms with Crippen molar-refractivity contribution < 1.29 is 17.4 Å². The fraction of sp³-hybridized carbons (Fsp3) is 0.176. The first-order valence-corrected chi connectivity index (χ1v) is 8.34. The Morgan fingerprint density at radius 1 is 1.09 bits per heavy atom. The van der Waals surface area contributed by atoms with Gasteiger partial charge in [0.1, 0.15) is 16.4 Å². The van der Waals surface area contributed by atoms with Crippen LogP contribution in [0.3, 0.4) is 0 Å². The second-order valence-corrected chi connectivity index (χ2v) is 6.57. The first-order valence-electron chi connectivity index (χ1n) is 6.94. The molecular weight excluding hydrogens is 314 g/mol. The summed E-state index contributed by atoms with van der Waals surface area (Å²) in [7, 11) is -3.94. The van der Waals surface area contributed by atoms with Crippen molar-refractivity contribution in [2.75, 3.05) is 0 Å². The van der Waals surface area contributed by atoms with E-state index in [9.17, 15) is 13.2 Å². The van der Waals surface area contributed by atoms with Crippen LogP contribution in [0.5, 0.6) is 5.75 Å². The zero-order valence-corrected chi connectivity index (χ0v) is 13.3. The van der Waals surface area contributed by atoms with Crippen LogP contribution in [-0.4, -0.2) is 14.2 Å². The highest BCUT2D eigenvalue weighted by molar-refractivity contribution is 7.87. The smallest absolute Gasteiger partial charge is 0.339 e. The summed E-state index contributed by atoms with van der Waals surface area (Å²) in [6.07, 6.45) is 1.06. The van der Waals surface area contributed by atoms with Crippen molar-refractivity contribution in [2.45, 2.75) is 24.7 Å². The number of carbonyl (C=O) groups excluding carboxylic acids is 1. The van der Waals surface area contributed by atoms with Crippen LogP contribution in [0.4, 0.5) is 0 Å². The zero-order valence-electron chi connectivity index (χ0n) is 12.5. The van der Waals surface area contributed by atoms with Crippen molar-refractivity contribution >= 4 is 15.9 Å². The number of hydrogen-bond donors (Lipinski definition) is 0. The monoisotopic (exact) mass is 329 g/mol. The molecule has 0 saturated carbocycles. The van der Waals surface area contributed by atoms with Crippen molar-refractivity contribution in [3.8, 4) is 11.8 Å². The number of hydrogen-bond acceptors (Lipinski definition) is 5. The van der Waals surface area contributed by atoms with Crippen molar-refractivity contribution in [1.29, 1.82) is 5.26 Å². The minimum absolute atomic E-state index is 0.0165. The Morgan fingerprint density at radius 3 is 2.22 bits per heavy atom. The van der Waals surface area contributed by atoms with E-state index in [0.717, 1.165) is 5.56 Å². The van der Waals surface area contributed by atoms with Crippen molar-refractivity contribution in [3.63, 3.8) is 0 Å². The minimum Gasteiger partial charge on any atom is -0.379 e. The van der Waals surface area contributed by atoms with Gasteiger partial charge in [-0.05, 0) is 55.3 Å². The lowest BCUT2D eigenvalue weighted by Crippen LogP contribution is -2.09. The molecule has 0 fully saturated rings. The molecule has 118 valence electrons. The topological polar surface area (TPSA) is 84.2 Å². The van der Waals surface area contributed by atoms with Crippen molar-refractivity contribution in [2.24, 2.45) is 0 Å². The Balaban J connectivity index is 2.10. The van der Waals surface area contributed by atoms with E-state index in [1.165, 1.54) is 31.2 Å². The molecule has 5 nitrogen and oxygen atoms in total. The van der Waals surface area contributed by atoms with Gasteiger partial charge in [0.15, 0.2) is 0 Å². The lowest BCUT2D eigenvalue weighted by molar-refractivity contribution is -0.116. The fourth-order valence-corrected chi connectivity index (χ4v) is 2.83. The molecule has 0 aliphatic rings. The molecule has 0 N–H and O–H groups in total. The van der Waals surface area contributed by atoms with Gasteiger partial charge in [-0.1, -0.05) is 12.1 Å². The van der Waals surface area contributed by atoms with E-state index in [1.54, 1.807) is 24.3 Å².